The van der Waals surface area contributed by atoms with Crippen molar-refractivity contribution in [1.29, 1.82) is 0 Å². The van der Waals surface area contributed by atoms with Crippen molar-refractivity contribution in [1.82, 2.24) is 9.55 Å². The second-order valence-corrected chi connectivity index (χ2v) is 7.24. The van der Waals surface area contributed by atoms with Crippen LogP contribution in [-0.2, 0) is 17.7 Å². The summed E-state index contributed by atoms with van der Waals surface area (Å²) in [6.45, 7) is 0.367. The number of pyridine rings is 1. The molecule has 6 nitrogen and oxygen atoms in total. The van der Waals surface area contributed by atoms with Crippen LogP contribution in [0.1, 0.15) is 43.2 Å². The topological polar surface area (TPSA) is 81.4 Å². The van der Waals surface area contributed by atoms with E-state index in [-0.39, 0.29) is 17.1 Å². The molecule has 0 unspecified atom stereocenters. The molecular weight excluding hydrogens is 380 g/mol. The summed E-state index contributed by atoms with van der Waals surface area (Å²) >= 11 is 0. The standard InChI is InChI=1S/C24H18N2O4/c1-30-24(29)21-19(27)10-9-18-20(21)17-12-14-6-2-3-8-16(14)23(28)22(17)26(18)13-15-7-4-5-11-25-15/h2-11,27H,12-13H2,1H3. The lowest BCUT2D eigenvalue weighted by Crippen LogP contribution is -2.19. The van der Waals surface area contributed by atoms with E-state index in [1.54, 1.807) is 12.3 Å². The number of hydrogen-bond acceptors (Lipinski definition) is 5. The maximum Gasteiger partial charge on any atom is 0.342 e. The van der Waals surface area contributed by atoms with E-state index in [2.05, 4.69) is 4.98 Å². The van der Waals surface area contributed by atoms with Crippen LogP contribution in [0.15, 0.2) is 60.8 Å². The molecule has 2 aromatic heterocycles. The van der Waals surface area contributed by atoms with Crippen LogP contribution in [0.25, 0.3) is 10.9 Å². The number of hydrogen-bond donors (Lipinski definition) is 1. The number of rotatable bonds is 3. The molecule has 5 rings (SSSR count). The molecule has 1 N–H and O–H groups in total. The van der Waals surface area contributed by atoms with Gasteiger partial charge < -0.3 is 14.4 Å². The van der Waals surface area contributed by atoms with Crippen molar-refractivity contribution in [3.8, 4) is 5.75 Å². The van der Waals surface area contributed by atoms with Gasteiger partial charge in [-0.15, -0.1) is 0 Å². The molecule has 2 aromatic carbocycles. The molecule has 6 heteroatoms. The highest BCUT2D eigenvalue weighted by Crippen LogP contribution is 2.39. The van der Waals surface area contributed by atoms with Gasteiger partial charge in [-0.05, 0) is 35.4 Å². The van der Waals surface area contributed by atoms with Crippen molar-refractivity contribution in [2.24, 2.45) is 0 Å². The number of phenolic OH excluding ortho intramolecular Hbond substituents is 1. The molecule has 1 aliphatic rings. The number of carbonyl (C=O) groups is 2. The molecule has 148 valence electrons. The first-order valence-corrected chi connectivity index (χ1v) is 9.58. The summed E-state index contributed by atoms with van der Waals surface area (Å²) in [6, 6.07) is 16.3. The van der Waals surface area contributed by atoms with Crippen LogP contribution >= 0.6 is 0 Å². The van der Waals surface area contributed by atoms with E-state index in [4.69, 9.17) is 4.74 Å². The second kappa shape index (κ2) is 6.84. The maximum atomic E-state index is 13.5. The Hall–Kier alpha value is -3.93. The van der Waals surface area contributed by atoms with E-state index < -0.39 is 5.97 Å². The fourth-order valence-electron chi connectivity index (χ4n) is 4.29. The van der Waals surface area contributed by atoms with Gasteiger partial charge in [0, 0.05) is 23.6 Å². The number of esters is 1. The molecule has 1 aliphatic carbocycles. The monoisotopic (exact) mass is 398 g/mol. The Morgan fingerprint density at radius 1 is 1.13 bits per heavy atom. The number of ether oxygens (including phenoxy) is 1. The Balaban J connectivity index is 1.85. The van der Waals surface area contributed by atoms with Gasteiger partial charge in [-0.2, -0.15) is 0 Å². The fraction of sp³-hybridized carbons (Fsp3) is 0.125. The number of phenols is 1. The Kier molecular flexibility index (Phi) is 4.13. The molecule has 0 radical (unpaired) electrons. The zero-order chi connectivity index (χ0) is 20.8. The minimum atomic E-state index is -0.637. The smallest absolute Gasteiger partial charge is 0.342 e. The number of carbonyl (C=O) groups excluding carboxylic acids is 2. The number of fused-ring (bicyclic) bond motifs is 4. The minimum Gasteiger partial charge on any atom is -0.507 e. The van der Waals surface area contributed by atoms with E-state index in [9.17, 15) is 14.7 Å². The molecule has 0 bridgehead atoms. The van der Waals surface area contributed by atoms with Crippen molar-refractivity contribution >= 4 is 22.7 Å². The molecule has 4 aromatic rings. The van der Waals surface area contributed by atoms with Crippen molar-refractivity contribution in [2.75, 3.05) is 7.11 Å². The predicted octanol–water partition coefficient (Wildman–Crippen LogP) is 3.71. The molecule has 0 aliphatic heterocycles. The summed E-state index contributed by atoms with van der Waals surface area (Å²) in [5, 5.41) is 11.0. The van der Waals surface area contributed by atoms with E-state index >= 15 is 0 Å². The number of aromatic hydroxyl groups is 1. The third kappa shape index (κ3) is 2.61. The molecular formula is C24H18N2O4. The normalized spacial score (nSPS) is 12.5. The Morgan fingerprint density at radius 3 is 2.70 bits per heavy atom. The van der Waals surface area contributed by atoms with E-state index in [0.29, 0.717) is 35.1 Å². The first-order valence-electron chi connectivity index (χ1n) is 9.58. The number of aromatic nitrogens is 2. The predicted molar refractivity (Wildman–Crippen MR) is 111 cm³/mol. The van der Waals surface area contributed by atoms with E-state index in [1.165, 1.54) is 13.2 Å². The molecule has 0 spiro atoms. The highest BCUT2D eigenvalue weighted by atomic mass is 16.5. The van der Waals surface area contributed by atoms with Gasteiger partial charge in [-0.1, -0.05) is 30.3 Å². The number of benzene rings is 2. The number of methoxy groups -OCH3 is 1. The van der Waals surface area contributed by atoms with Gasteiger partial charge >= 0.3 is 5.97 Å². The number of nitrogens with zero attached hydrogens (tertiary/aromatic N) is 2. The Morgan fingerprint density at radius 2 is 1.93 bits per heavy atom. The molecule has 0 saturated carbocycles. The summed E-state index contributed by atoms with van der Waals surface area (Å²) in [4.78, 5) is 30.4. The van der Waals surface area contributed by atoms with Gasteiger partial charge in [-0.3, -0.25) is 9.78 Å². The first-order chi connectivity index (χ1) is 14.6. The summed E-state index contributed by atoms with van der Waals surface area (Å²) in [6.07, 6.45) is 2.19. The third-order valence-electron chi connectivity index (χ3n) is 5.59. The van der Waals surface area contributed by atoms with Crippen LogP contribution in [-0.4, -0.2) is 33.5 Å². The Labute approximate surface area is 172 Å². The van der Waals surface area contributed by atoms with E-state index in [1.807, 2.05) is 47.0 Å². The second-order valence-electron chi connectivity index (χ2n) is 7.24. The van der Waals surface area contributed by atoms with Crippen LogP contribution in [0.4, 0.5) is 0 Å². The molecule has 0 amide bonds. The fourth-order valence-corrected chi connectivity index (χ4v) is 4.29. The third-order valence-corrected chi connectivity index (χ3v) is 5.59. The van der Waals surface area contributed by atoms with Gasteiger partial charge in [0.1, 0.15) is 11.3 Å². The SMILES string of the molecule is COC(=O)c1c(O)ccc2c1c1c(n2Cc2ccccn2)C(=O)c2ccccc2C1. The van der Waals surface area contributed by atoms with Crippen LogP contribution in [0.3, 0.4) is 0 Å². The van der Waals surface area contributed by atoms with E-state index in [0.717, 1.165) is 16.8 Å². The molecule has 2 heterocycles. The summed E-state index contributed by atoms with van der Waals surface area (Å²) < 4.78 is 6.82. The minimum absolute atomic E-state index is 0.0817. The van der Waals surface area contributed by atoms with Crippen molar-refractivity contribution in [2.45, 2.75) is 13.0 Å². The lowest BCUT2D eigenvalue weighted by molar-refractivity contribution is 0.0599. The molecule has 30 heavy (non-hydrogen) atoms. The van der Waals surface area contributed by atoms with Gasteiger partial charge in [0.2, 0.25) is 5.78 Å². The van der Waals surface area contributed by atoms with Gasteiger partial charge in [-0.25, -0.2) is 4.79 Å². The van der Waals surface area contributed by atoms with Gasteiger partial charge in [0.15, 0.2) is 0 Å². The average molecular weight is 398 g/mol. The zero-order valence-corrected chi connectivity index (χ0v) is 16.3. The lowest BCUT2D eigenvalue weighted by atomic mass is 9.87. The van der Waals surface area contributed by atoms with Crippen molar-refractivity contribution in [3.63, 3.8) is 0 Å². The van der Waals surface area contributed by atoms with Crippen molar-refractivity contribution in [3.05, 3.63) is 94.4 Å². The van der Waals surface area contributed by atoms with Gasteiger partial charge in [0.25, 0.3) is 0 Å². The maximum absolute atomic E-state index is 13.5. The highest BCUT2D eigenvalue weighted by Gasteiger charge is 2.33. The van der Waals surface area contributed by atoms with Crippen LogP contribution in [0, 0.1) is 0 Å². The zero-order valence-electron chi connectivity index (χ0n) is 16.3. The quantitative estimate of drug-likeness (QED) is 0.469. The number of ketones is 1. The summed E-state index contributed by atoms with van der Waals surface area (Å²) in [7, 11) is 1.28. The summed E-state index contributed by atoms with van der Waals surface area (Å²) in [5.74, 6) is -0.907. The molecule has 0 atom stereocenters. The van der Waals surface area contributed by atoms with Crippen LogP contribution in [0.5, 0.6) is 5.75 Å². The van der Waals surface area contributed by atoms with Gasteiger partial charge in [0.05, 0.1) is 30.6 Å². The molecule has 0 fully saturated rings. The summed E-state index contributed by atoms with van der Waals surface area (Å²) in [5.41, 5.74) is 4.34. The van der Waals surface area contributed by atoms with Crippen LogP contribution in [0.2, 0.25) is 0 Å². The first kappa shape index (κ1) is 18.1. The van der Waals surface area contributed by atoms with Crippen LogP contribution < -0.4 is 0 Å². The lowest BCUT2D eigenvalue weighted by Gasteiger charge is -2.18. The molecule has 0 saturated heterocycles. The largest absolute Gasteiger partial charge is 0.507 e. The highest BCUT2D eigenvalue weighted by molar-refractivity contribution is 6.18. The average Bonchev–Trinajstić information content (AvgIpc) is 3.07. The van der Waals surface area contributed by atoms with Crippen molar-refractivity contribution < 1.29 is 19.4 Å². The Bertz CT molecular complexity index is 1320.